The Balaban J connectivity index is 1.82. The summed E-state index contributed by atoms with van der Waals surface area (Å²) >= 11 is 0. The molecule has 5 aromatic rings. The molecule has 0 fully saturated rings. The van der Waals surface area contributed by atoms with Gasteiger partial charge in [0.15, 0.2) is 11.5 Å². The maximum absolute atomic E-state index is 5.25. The monoisotopic (exact) mass is 352 g/mol. The molecule has 0 aliphatic carbocycles. The van der Waals surface area contributed by atoms with E-state index in [-0.39, 0.29) is 0 Å². The molecule has 5 heteroatoms. The first-order valence-electron chi connectivity index (χ1n) is 8.69. The highest BCUT2D eigenvalue weighted by Gasteiger charge is 2.16. The Morgan fingerprint density at radius 3 is 2.15 bits per heavy atom. The number of aromatic nitrogens is 4. The van der Waals surface area contributed by atoms with Crippen molar-refractivity contribution in [3.8, 4) is 28.4 Å². The molecule has 2 heterocycles. The van der Waals surface area contributed by atoms with Crippen molar-refractivity contribution in [3.05, 3.63) is 78.9 Å². The number of fused-ring (bicyclic) bond motifs is 3. The van der Waals surface area contributed by atoms with E-state index in [4.69, 9.17) is 9.84 Å². The molecule has 0 bridgehead atoms. The molecule has 130 valence electrons. The van der Waals surface area contributed by atoms with Crippen LogP contribution in [0.4, 0.5) is 0 Å². The van der Waals surface area contributed by atoms with Crippen molar-refractivity contribution in [3.63, 3.8) is 0 Å². The molecule has 0 N–H and O–H groups in total. The van der Waals surface area contributed by atoms with Gasteiger partial charge in [0.2, 0.25) is 0 Å². The van der Waals surface area contributed by atoms with E-state index in [0.717, 1.165) is 39.0 Å². The molecular formula is C22H16N4O. The number of rotatable bonds is 3. The highest BCUT2D eigenvalue weighted by atomic mass is 16.5. The third-order valence-electron chi connectivity index (χ3n) is 4.66. The van der Waals surface area contributed by atoms with Crippen LogP contribution in [0.15, 0.2) is 78.9 Å². The smallest absolute Gasteiger partial charge is 0.186 e. The van der Waals surface area contributed by atoms with Gasteiger partial charge < -0.3 is 4.74 Å². The summed E-state index contributed by atoms with van der Waals surface area (Å²) in [5, 5.41) is 15.8. The van der Waals surface area contributed by atoms with Crippen LogP contribution in [0.25, 0.3) is 39.1 Å². The highest BCUT2D eigenvalue weighted by molar-refractivity contribution is 6.01. The van der Waals surface area contributed by atoms with Crippen LogP contribution in [0.1, 0.15) is 0 Å². The van der Waals surface area contributed by atoms with Crippen LogP contribution in [-0.2, 0) is 0 Å². The van der Waals surface area contributed by atoms with Crippen LogP contribution in [-0.4, -0.2) is 26.9 Å². The Bertz CT molecular complexity index is 1240. The van der Waals surface area contributed by atoms with Crippen molar-refractivity contribution in [2.45, 2.75) is 0 Å². The van der Waals surface area contributed by atoms with Crippen molar-refractivity contribution in [1.29, 1.82) is 0 Å². The van der Waals surface area contributed by atoms with Crippen LogP contribution in [0.5, 0.6) is 5.75 Å². The Labute approximate surface area is 155 Å². The van der Waals surface area contributed by atoms with Gasteiger partial charge >= 0.3 is 0 Å². The van der Waals surface area contributed by atoms with Crippen molar-refractivity contribution in [2.75, 3.05) is 7.11 Å². The molecule has 0 unspecified atom stereocenters. The molecule has 2 aromatic heterocycles. The third-order valence-corrected chi connectivity index (χ3v) is 4.66. The van der Waals surface area contributed by atoms with E-state index >= 15 is 0 Å². The number of nitrogens with zero attached hydrogens (tertiary/aromatic N) is 4. The summed E-state index contributed by atoms with van der Waals surface area (Å²) in [6, 6.07) is 26.1. The van der Waals surface area contributed by atoms with E-state index in [1.807, 2.05) is 59.1 Å². The minimum Gasteiger partial charge on any atom is -0.497 e. The molecule has 5 rings (SSSR count). The van der Waals surface area contributed by atoms with Crippen molar-refractivity contribution in [2.24, 2.45) is 0 Å². The summed E-state index contributed by atoms with van der Waals surface area (Å²) in [4.78, 5) is 0. The van der Waals surface area contributed by atoms with Crippen molar-refractivity contribution < 1.29 is 4.74 Å². The zero-order chi connectivity index (χ0) is 18.2. The number of hydrogen-bond acceptors (Lipinski definition) is 4. The standard InChI is InChI=1S/C22H16N4O/c1-27-17-13-11-16(12-14-17)21-23-24-22-19-10-6-5-9-18(19)20(25-26(21)22)15-7-3-2-4-8-15/h2-14H,1H3. The lowest BCUT2D eigenvalue weighted by molar-refractivity contribution is 0.415. The van der Waals surface area contributed by atoms with Crippen LogP contribution >= 0.6 is 0 Å². The zero-order valence-electron chi connectivity index (χ0n) is 14.7. The van der Waals surface area contributed by atoms with Crippen LogP contribution in [0.3, 0.4) is 0 Å². The van der Waals surface area contributed by atoms with Gasteiger partial charge in [-0.05, 0) is 24.3 Å². The number of benzene rings is 3. The highest BCUT2D eigenvalue weighted by Crippen LogP contribution is 2.30. The van der Waals surface area contributed by atoms with Crippen LogP contribution < -0.4 is 4.74 Å². The molecule has 3 aromatic carbocycles. The van der Waals surface area contributed by atoms with E-state index in [9.17, 15) is 0 Å². The van der Waals surface area contributed by atoms with Gasteiger partial charge in [-0.1, -0.05) is 54.6 Å². The predicted octanol–water partition coefficient (Wildman–Crippen LogP) is 4.62. The summed E-state index contributed by atoms with van der Waals surface area (Å²) in [5.41, 5.74) is 3.65. The maximum atomic E-state index is 5.25. The Kier molecular flexibility index (Phi) is 3.57. The molecular weight excluding hydrogens is 336 g/mol. The lowest BCUT2D eigenvalue weighted by Gasteiger charge is -2.08. The third kappa shape index (κ3) is 2.52. The van der Waals surface area contributed by atoms with Gasteiger partial charge in [-0.15, -0.1) is 10.2 Å². The average molecular weight is 352 g/mol. The number of ether oxygens (including phenoxy) is 1. The fourth-order valence-corrected chi connectivity index (χ4v) is 3.31. The summed E-state index contributed by atoms with van der Waals surface area (Å²) in [6.45, 7) is 0. The Morgan fingerprint density at radius 2 is 1.41 bits per heavy atom. The lowest BCUT2D eigenvalue weighted by atomic mass is 10.1. The molecule has 0 atom stereocenters. The van der Waals surface area contributed by atoms with E-state index < -0.39 is 0 Å². The second kappa shape index (κ2) is 6.21. The second-order valence-corrected chi connectivity index (χ2v) is 6.25. The Hall–Kier alpha value is -3.73. The van der Waals surface area contributed by atoms with Gasteiger partial charge in [-0.2, -0.15) is 9.61 Å². The number of methoxy groups -OCH3 is 1. The first-order chi connectivity index (χ1) is 13.3. The van der Waals surface area contributed by atoms with Crippen molar-refractivity contribution in [1.82, 2.24) is 19.8 Å². The lowest BCUT2D eigenvalue weighted by Crippen LogP contribution is -1.99. The van der Waals surface area contributed by atoms with Crippen LogP contribution in [0.2, 0.25) is 0 Å². The van der Waals surface area contributed by atoms with Gasteiger partial charge in [0, 0.05) is 21.9 Å². The van der Waals surface area contributed by atoms with E-state index in [0.29, 0.717) is 5.82 Å². The summed E-state index contributed by atoms with van der Waals surface area (Å²) in [7, 11) is 1.65. The van der Waals surface area contributed by atoms with Gasteiger partial charge in [0.1, 0.15) is 5.75 Å². The van der Waals surface area contributed by atoms with Gasteiger partial charge in [-0.25, -0.2) is 0 Å². The van der Waals surface area contributed by atoms with E-state index in [2.05, 4.69) is 34.5 Å². The maximum Gasteiger partial charge on any atom is 0.186 e. The zero-order valence-corrected chi connectivity index (χ0v) is 14.7. The minimum atomic E-state index is 0.704. The molecule has 0 aliphatic rings. The molecule has 0 saturated carbocycles. The quantitative estimate of drug-likeness (QED) is 0.475. The van der Waals surface area contributed by atoms with E-state index in [1.54, 1.807) is 7.11 Å². The largest absolute Gasteiger partial charge is 0.497 e. The fourth-order valence-electron chi connectivity index (χ4n) is 3.31. The van der Waals surface area contributed by atoms with E-state index in [1.165, 1.54) is 0 Å². The predicted molar refractivity (Wildman–Crippen MR) is 106 cm³/mol. The van der Waals surface area contributed by atoms with Gasteiger partial charge in [-0.3, -0.25) is 0 Å². The molecule has 5 nitrogen and oxygen atoms in total. The Morgan fingerprint density at radius 1 is 0.704 bits per heavy atom. The molecule has 0 spiro atoms. The topological polar surface area (TPSA) is 52.3 Å². The molecule has 0 radical (unpaired) electrons. The van der Waals surface area contributed by atoms with Crippen molar-refractivity contribution >= 4 is 16.4 Å². The summed E-state index contributed by atoms with van der Waals surface area (Å²) in [5.74, 6) is 1.51. The van der Waals surface area contributed by atoms with Gasteiger partial charge in [0.25, 0.3) is 0 Å². The molecule has 0 saturated heterocycles. The summed E-state index contributed by atoms with van der Waals surface area (Å²) < 4.78 is 7.08. The summed E-state index contributed by atoms with van der Waals surface area (Å²) in [6.07, 6.45) is 0. The molecule has 27 heavy (non-hydrogen) atoms. The normalized spacial score (nSPS) is 11.1. The average Bonchev–Trinajstić information content (AvgIpc) is 3.18. The first kappa shape index (κ1) is 15.5. The second-order valence-electron chi connectivity index (χ2n) is 6.25. The van der Waals surface area contributed by atoms with Gasteiger partial charge in [0.05, 0.1) is 12.8 Å². The number of hydrogen-bond donors (Lipinski definition) is 0. The first-order valence-corrected chi connectivity index (χ1v) is 8.69. The molecule has 0 aliphatic heterocycles. The minimum absolute atomic E-state index is 0.704. The SMILES string of the molecule is COc1ccc(-c2nnc3c4ccccc4c(-c4ccccc4)nn23)cc1. The fraction of sp³-hybridized carbons (Fsp3) is 0.0455. The molecule has 0 amide bonds. The van der Waals surface area contributed by atoms with Crippen LogP contribution in [0, 0.1) is 0 Å².